The second-order valence-electron chi connectivity index (χ2n) is 4.64. The zero-order valence-corrected chi connectivity index (χ0v) is 9.52. The molecule has 0 atom stereocenters. The molecule has 2 aromatic rings. The van der Waals surface area contributed by atoms with Crippen molar-refractivity contribution in [2.24, 2.45) is 0 Å². The van der Waals surface area contributed by atoms with E-state index >= 15 is 0 Å². The minimum atomic E-state index is -0.729. The number of hydrogen-bond acceptors (Lipinski definition) is 5. The Labute approximate surface area is 97.1 Å². The number of cyclic esters (lactones) is 1. The lowest BCUT2D eigenvalue weighted by Crippen LogP contribution is -2.34. The normalized spacial score (nSPS) is 17.2. The summed E-state index contributed by atoms with van der Waals surface area (Å²) in [7, 11) is 0. The van der Waals surface area contributed by atoms with E-state index in [-0.39, 0.29) is 5.82 Å². The molecule has 1 aliphatic heterocycles. The molecule has 1 aromatic carbocycles. The van der Waals surface area contributed by atoms with Crippen LogP contribution in [-0.2, 0) is 10.3 Å². The average Bonchev–Trinajstić information content (AvgIpc) is 2.53. The SMILES string of the molecule is CC1(C)OC(=O)n2nc(N)c3cc(N)cc1c32. The van der Waals surface area contributed by atoms with Gasteiger partial charge in [0.2, 0.25) is 0 Å². The number of aromatic nitrogens is 2. The fourth-order valence-corrected chi connectivity index (χ4v) is 2.20. The van der Waals surface area contributed by atoms with E-state index in [9.17, 15) is 4.79 Å². The summed E-state index contributed by atoms with van der Waals surface area (Å²) in [5.74, 6) is 0.281. The molecule has 0 spiro atoms. The lowest BCUT2D eigenvalue weighted by molar-refractivity contribution is 0.0308. The molecule has 0 unspecified atom stereocenters. The molecule has 4 N–H and O–H groups in total. The Hall–Kier alpha value is -2.24. The number of hydrogen-bond donors (Lipinski definition) is 2. The van der Waals surface area contributed by atoms with Crippen molar-refractivity contribution in [1.29, 1.82) is 0 Å². The van der Waals surface area contributed by atoms with E-state index < -0.39 is 11.7 Å². The van der Waals surface area contributed by atoms with Gasteiger partial charge < -0.3 is 16.2 Å². The summed E-state index contributed by atoms with van der Waals surface area (Å²) in [6.45, 7) is 3.62. The summed E-state index contributed by atoms with van der Waals surface area (Å²) in [6, 6.07) is 3.50. The van der Waals surface area contributed by atoms with Crippen LogP contribution < -0.4 is 11.5 Å². The maximum Gasteiger partial charge on any atom is 0.436 e. The highest BCUT2D eigenvalue weighted by molar-refractivity contribution is 6.00. The number of anilines is 2. The van der Waals surface area contributed by atoms with Gasteiger partial charge in [0.1, 0.15) is 5.60 Å². The van der Waals surface area contributed by atoms with Gasteiger partial charge >= 0.3 is 6.09 Å². The zero-order chi connectivity index (χ0) is 12.4. The second kappa shape index (κ2) is 2.71. The number of rotatable bonds is 0. The van der Waals surface area contributed by atoms with Crippen LogP contribution >= 0.6 is 0 Å². The highest BCUT2D eigenvalue weighted by Crippen LogP contribution is 2.38. The molecule has 0 amide bonds. The fraction of sp³-hybridized carbons (Fsp3) is 0.273. The van der Waals surface area contributed by atoms with Gasteiger partial charge in [-0.3, -0.25) is 0 Å². The van der Waals surface area contributed by atoms with E-state index in [0.29, 0.717) is 16.6 Å². The summed E-state index contributed by atoms with van der Waals surface area (Å²) < 4.78 is 6.49. The number of nitrogens with two attached hydrogens (primary N) is 2. The van der Waals surface area contributed by atoms with Crippen molar-refractivity contribution in [3.8, 4) is 0 Å². The van der Waals surface area contributed by atoms with Crippen molar-refractivity contribution in [3.05, 3.63) is 17.7 Å². The lowest BCUT2D eigenvalue weighted by Gasteiger charge is -2.30. The summed E-state index contributed by atoms with van der Waals surface area (Å²) in [4.78, 5) is 11.8. The van der Waals surface area contributed by atoms with E-state index in [0.717, 1.165) is 5.56 Å². The number of ether oxygens (including phenoxy) is 1. The summed E-state index contributed by atoms with van der Waals surface area (Å²) >= 11 is 0. The van der Waals surface area contributed by atoms with Crippen LogP contribution in [0.4, 0.5) is 16.3 Å². The standard InChI is InChI=1S/C11H12N4O2/c1-11(2)7-4-5(12)3-6-8(7)15(10(16)17-11)14-9(6)13/h3-4H,12H2,1-2H3,(H2,13,14). The quantitative estimate of drug-likeness (QED) is 0.670. The van der Waals surface area contributed by atoms with Gasteiger partial charge in [-0.15, -0.1) is 5.10 Å². The molecule has 0 saturated carbocycles. The van der Waals surface area contributed by atoms with Gasteiger partial charge in [0.05, 0.1) is 5.52 Å². The van der Waals surface area contributed by atoms with E-state index in [1.165, 1.54) is 4.68 Å². The van der Waals surface area contributed by atoms with Crippen LogP contribution in [0.1, 0.15) is 19.4 Å². The van der Waals surface area contributed by atoms with Gasteiger partial charge in [0.15, 0.2) is 5.82 Å². The zero-order valence-electron chi connectivity index (χ0n) is 9.52. The van der Waals surface area contributed by atoms with Crippen molar-refractivity contribution < 1.29 is 9.53 Å². The van der Waals surface area contributed by atoms with E-state index in [1.807, 2.05) is 13.8 Å². The number of benzene rings is 1. The summed E-state index contributed by atoms with van der Waals surface area (Å²) in [5, 5.41) is 4.66. The van der Waals surface area contributed by atoms with Crippen molar-refractivity contribution in [2.45, 2.75) is 19.4 Å². The molecule has 6 nitrogen and oxygen atoms in total. The molecule has 0 aliphatic carbocycles. The third kappa shape index (κ3) is 1.15. The van der Waals surface area contributed by atoms with E-state index in [2.05, 4.69) is 5.10 Å². The number of carbonyl (C=O) groups is 1. The molecule has 0 radical (unpaired) electrons. The number of nitrogens with zero attached hydrogens (tertiary/aromatic N) is 2. The summed E-state index contributed by atoms with van der Waals surface area (Å²) in [6.07, 6.45) is -0.519. The third-order valence-electron chi connectivity index (χ3n) is 2.99. The van der Waals surface area contributed by atoms with Gasteiger partial charge in [-0.05, 0) is 26.0 Å². The van der Waals surface area contributed by atoms with Gasteiger partial charge in [-0.1, -0.05) is 0 Å². The maximum absolute atomic E-state index is 11.8. The molecule has 6 heteroatoms. The van der Waals surface area contributed by atoms with Crippen LogP contribution in [0.15, 0.2) is 12.1 Å². The smallest absolute Gasteiger partial charge is 0.436 e. The van der Waals surface area contributed by atoms with Gasteiger partial charge in [-0.25, -0.2) is 4.79 Å². The molecule has 3 rings (SSSR count). The van der Waals surface area contributed by atoms with Gasteiger partial charge in [0, 0.05) is 16.6 Å². The van der Waals surface area contributed by atoms with Crippen molar-refractivity contribution >= 4 is 28.5 Å². The first kappa shape index (κ1) is 9.95. The molecular formula is C11H12N4O2. The van der Waals surface area contributed by atoms with Gasteiger partial charge in [-0.2, -0.15) is 4.68 Å². The highest BCUT2D eigenvalue weighted by Gasteiger charge is 2.36. The molecule has 17 heavy (non-hydrogen) atoms. The Balaban J connectivity index is 2.54. The van der Waals surface area contributed by atoms with Crippen molar-refractivity contribution in [3.63, 3.8) is 0 Å². The van der Waals surface area contributed by atoms with Crippen LogP contribution in [-0.4, -0.2) is 15.9 Å². The third-order valence-corrected chi connectivity index (χ3v) is 2.99. The fourth-order valence-electron chi connectivity index (χ4n) is 2.20. The topological polar surface area (TPSA) is 96.2 Å². The number of nitrogen functional groups attached to an aromatic ring is 2. The molecular weight excluding hydrogens is 220 g/mol. The predicted octanol–water partition coefficient (Wildman–Crippen LogP) is 1.43. The first-order chi connectivity index (χ1) is 7.90. The Kier molecular flexibility index (Phi) is 1.59. The Morgan fingerprint density at radius 3 is 2.76 bits per heavy atom. The van der Waals surface area contributed by atoms with E-state index in [1.54, 1.807) is 12.1 Å². The molecule has 0 bridgehead atoms. The van der Waals surface area contributed by atoms with Crippen molar-refractivity contribution in [1.82, 2.24) is 9.78 Å². The lowest BCUT2D eigenvalue weighted by atomic mass is 9.94. The monoisotopic (exact) mass is 232 g/mol. The molecule has 2 heterocycles. The second-order valence-corrected chi connectivity index (χ2v) is 4.64. The predicted molar refractivity (Wildman–Crippen MR) is 63.5 cm³/mol. The van der Waals surface area contributed by atoms with E-state index in [4.69, 9.17) is 16.2 Å². The van der Waals surface area contributed by atoms with Crippen LogP contribution in [0.3, 0.4) is 0 Å². The summed E-state index contributed by atoms with van der Waals surface area (Å²) in [5.41, 5.74) is 12.9. The Morgan fingerprint density at radius 2 is 2.06 bits per heavy atom. The van der Waals surface area contributed by atoms with Crippen LogP contribution in [0.5, 0.6) is 0 Å². The first-order valence-electron chi connectivity index (χ1n) is 5.22. The van der Waals surface area contributed by atoms with Crippen LogP contribution in [0.2, 0.25) is 0 Å². The largest absolute Gasteiger partial charge is 0.437 e. The molecule has 1 aromatic heterocycles. The maximum atomic E-state index is 11.8. The minimum Gasteiger partial charge on any atom is -0.437 e. The minimum absolute atomic E-state index is 0.281. The van der Waals surface area contributed by atoms with Crippen LogP contribution in [0.25, 0.3) is 10.9 Å². The number of carbonyl (C=O) groups excluding carboxylic acids is 1. The molecule has 88 valence electrons. The Morgan fingerprint density at radius 1 is 1.35 bits per heavy atom. The van der Waals surface area contributed by atoms with Crippen LogP contribution in [0, 0.1) is 0 Å². The highest BCUT2D eigenvalue weighted by atomic mass is 16.6. The van der Waals surface area contributed by atoms with Crippen molar-refractivity contribution in [2.75, 3.05) is 11.5 Å². The Bertz CT molecular complexity index is 657. The molecule has 0 saturated heterocycles. The van der Waals surface area contributed by atoms with Gasteiger partial charge in [0.25, 0.3) is 0 Å². The average molecular weight is 232 g/mol. The molecule has 1 aliphatic rings. The molecule has 0 fully saturated rings. The first-order valence-corrected chi connectivity index (χ1v) is 5.22.